The number of aryl methyl sites for hydroxylation is 1. The molecule has 41 heavy (non-hydrogen) atoms. The predicted octanol–water partition coefficient (Wildman–Crippen LogP) is 5.88. The Morgan fingerprint density at radius 1 is 0.634 bits per heavy atom. The molecule has 0 aromatic heterocycles. The van der Waals surface area contributed by atoms with Gasteiger partial charge in [-0.25, -0.2) is 14.4 Å². The standard InChI is InChI=1S/C31H25N3O7/c1-20-12-14-24(15-13-20)33-34-25-18-16-23(17-19-25)32-28(35)26(40-30(38)21-8-4-2-5-9-21)27(29(36)37)41-31(39)22-10-6-3-7-11-22/h2-19,26-27H,1H3,(H,32,35)(H,36,37)/t26-,27+/m0/s1. The van der Waals surface area contributed by atoms with Crippen molar-refractivity contribution in [3.8, 4) is 0 Å². The summed E-state index contributed by atoms with van der Waals surface area (Å²) in [4.78, 5) is 50.9. The van der Waals surface area contributed by atoms with Crippen molar-refractivity contribution in [1.29, 1.82) is 0 Å². The molecule has 2 N–H and O–H groups in total. The summed E-state index contributed by atoms with van der Waals surface area (Å²) in [6, 6.07) is 29.0. The van der Waals surface area contributed by atoms with E-state index in [9.17, 15) is 24.3 Å². The average molecular weight is 552 g/mol. The highest BCUT2D eigenvalue weighted by Gasteiger charge is 2.41. The number of rotatable bonds is 10. The molecule has 0 fully saturated rings. The van der Waals surface area contributed by atoms with Crippen molar-refractivity contribution < 1.29 is 33.8 Å². The molecule has 2 atom stereocenters. The van der Waals surface area contributed by atoms with E-state index in [1.165, 1.54) is 36.4 Å². The second kappa shape index (κ2) is 13.4. The van der Waals surface area contributed by atoms with Crippen LogP contribution in [-0.2, 0) is 19.1 Å². The number of amides is 1. The van der Waals surface area contributed by atoms with Crippen LogP contribution in [0.4, 0.5) is 17.1 Å². The maximum atomic E-state index is 13.3. The molecule has 0 aliphatic rings. The molecule has 0 saturated carbocycles. The van der Waals surface area contributed by atoms with E-state index in [0.29, 0.717) is 11.4 Å². The topological polar surface area (TPSA) is 144 Å². The highest BCUT2D eigenvalue weighted by atomic mass is 16.6. The zero-order chi connectivity index (χ0) is 29.2. The predicted molar refractivity (Wildman–Crippen MR) is 149 cm³/mol. The van der Waals surface area contributed by atoms with E-state index in [1.54, 1.807) is 48.5 Å². The Balaban J connectivity index is 1.53. The van der Waals surface area contributed by atoms with Gasteiger partial charge in [0.2, 0.25) is 12.2 Å². The number of anilines is 1. The molecule has 1 amide bonds. The van der Waals surface area contributed by atoms with Crippen LogP contribution in [-0.4, -0.2) is 41.1 Å². The molecule has 0 unspecified atom stereocenters. The Hall–Kier alpha value is -5.64. The van der Waals surface area contributed by atoms with E-state index in [1.807, 2.05) is 31.2 Å². The lowest BCUT2D eigenvalue weighted by Gasteiger charge is -2.23. The maximum Gasteiger partial charge on any atom is 0.349 e. The molecule has 206 valence electrons. The van der Waals surface area contributed by atoms with Gasteiger partial charge >= 0.3 is 17.9 Å². The van der Waals surface area contributed by atoms with Gasteiger partial charge in [0.05, 0.1) is 22.5 Å². The fourth-order valence-electron chi connectivity index (χ4n) is 3.56. The van der Waals surface area contributed by atoms with Crippen molar-refractivity contribution in [2.24, 2.45) is 10.2 Å². The molecule has 0 saturated heterocycles. The lowest BCUT2D eigenvalue weighted by atomic mass is 10.1. The lowest BCUT2D eigenvalue weighted by molar-refractivity contribution is -0.157. The van der Waals surface area contributed by atoms with Gasteiger partial charge in [-0.05, 0) is 67.6 Å². The minimum absolute atomic E-state index is 0.0580. The van der Waals surface area contributed by atoms with E-state index < -0.39 is 36.0 Å². The number of carbonyl (C=O) groups is 4. The number of nitrogens with zero attached hydrogens (tertiary/aromatic N) is 2. The van der Waals surface area contributed by atoms with Crippen molar-refractivity contribution in [1.82, 2.24) is 0 Å². The molecule has 4 rings (SSSR count). The van der Waals surface area contributed by atoms with Gasteiger partial charge < -0.3 is 19.9 Å². The van der Waals surface area contributed by atoms with Gasteiger partial charge in [0, 0.05) is 5.69 Å². The summed E-state index contributed by atoms with van der Waals surface area (Å²) in [5.41, 5.74) is 2.65. The smallest absolute Gasteiger partial charge is 0.349 e. The fourth-order valence-corrected chi connectivity index (χ4v) is 3.56. The van der Waals surface area contributed by atoms with Crippen molar-refractivity contribution in [3.63, 3.8) is 0 Å². The zero-order valence-electron chi connectivity index (χ0n) is 21.8. The molecule has 10 heteroatoms. The molecule has 0 aliphatic carbocycles. The van der Waals surface area contributed by atoms with Crippen LogP contribution < -0.4 is 5.32 Å². The number of esters is 2. The van der Waals surface area contributed by atoms with Crippen LogP contribution in [0.15, 0.2) is 119 Å². The van der Waals surface area contributed by atoms with Crippen LogP contribution in [0.2, 0.25) is 0 Å². The van der Waals surface area contributed by atoms with Gasteiger partial charge in [-0.3, -0.25) is 4.79 Å². The molecule has 0 bridgehead atoms. The molecular weight excluding hydrogens is 526 g/mol. The number of ether oxygens (including phenoxy) is 2. The summed E-state index contributed by atoms with van der Waals surface area (Å²) in [5.74, 6) is -4.67. The number of azo groups is 1. The minimum atomic E-state index is -2.14. The summed E-state index contributed by atoms with van der Waals surface area (Å²) >= 11 is 0. The van der Waals surface area contributed by atoms with Crippen LogP contribution in [0.25, 0.3) is 0 Å². The van der Waals surface area contributed by atoms with Crippen LogP contribution in [0.3, 0.4) is 0 Å². The van der Waals surface area contributed by atoms with Gasteiger partial charge in [0.15, 0.2) is 0 Å². The monoisotopic (exact) mass is 551 g/mol. The first-order valence-corrected chi connectivity index (χ1v) is 12.4. The van der Waals surface area contributed by atoms with Crippen molar-refractivity contribution >= 4 is 40.9 Å². The molecule has 0 spiro atoms. The van der Waals surface area contributed by atoms with Gasteiger partial charge in [-0.2, -0.15) is 10.2 Å². The molecule has 0 heterocycles. The third kappa shape index (κ3) is 7.93. The normalized spacial score (nSPS) is 12.2. The number of carbonyl (C=O) groups excluding carboxylic acids is 3. The van der Waals surface area contributed by atoms with Crippen molar-refractivity contribution in [3.05, 3.63) is 126 Å². The van der Waals surface area contributed by atoms with E-state index in [2.05, 4.69) is 15.5 Å². The molecule has 10 nitrogen and oxygen atoms in total. The number of aliphatic carboxylic acids is 1. The zero-order valence-corrected chi connectivity index (χ0v) is 21.8. The number of hydrogen-bond acceptors (Lipinski definition) is 8. The number of hydrogen-bond donors (Lipinski definition) is 2. The molecule has 4 aromatic carbocycles. The second-order valence-corrected chi connectivity index (χ2v) is 8.79. The summed E-state index contributed by atoms with van der Waals surface area (Å²) in [5, 5.41) is 20.7. The first kappa shape index (κ1) is 28.4. The van der Waals surface area contributed by atoms with Crippen molar-refractivity contribution in [2.45, 2.75) is 19.1 Å². The first-order valence-electron chi connectivity index (χ1n) is 12.4. The highest BCUT2D eigenvalue weighted by Crippen LogP contribution is 2.22. The number of carboxylic acid groups (broad SMARTS) is 1. The first-order chi connectivity index (χ1) is 19.8. The van der Waals surface area contributed by atoms with Gasteiger partial charge in [0.1, 0.15) is 0 Å². The second-order valence-electron chi connectivity index (χ2n) is 8.79. The summed E-state index contributed by atoms with van der Waals surface area (Å²) < 4.78 is 10.5. The number of nitrogens with one attached hydrogen (secondary N) is 1. The Kier molecular flexibility index (Phi) is 9.29. The summed E-state index contributed by atoms with van der Waals surface area (Å²) in [6.07, 6.45) is -4.16. The van der Waals surface area contributed by atoms with Gasteiger partial charge in [-0.1, -0.05) is 54.1 Å². The van der Waals surface area contributed by atoms with Crippen LogP contribution in [0.5, 0.6) is 0 Å². The van der Waals surface area contributed by atoms with E-state index in [-0.39, 0.29) is 16.8 Å². The summed E-state index contributed by atoms with van der Waals surface area (Å²) in [7, 11) is 0. The Labute approximate surface area is 235 Å². The van der Waals surface area contributed by atoms with E-state index in [4.69, 9.17) is 9.47 Å². The Morgan fingerprint density at radius 2 is 1.07 bits per heavy atom. The Morgan fingerprint density at radius 3 is 1.54 bits per heavy atom. The molecular formula is C31H25N3O7. The van der Waals surface area contributed by atoms with Crippen LogP contribution in [0.1, 0.15) is 26.3 Å². The minimum Gasteiger partial charge on any atom is -0.478 e. The van der Waals surface area contributed by atoms with Crippen LogP contribution >= 0.6 is 0 Å². The lowest BCUT2D eigenvalue weighted by Crippen LogP contribution is -2.48. The van der Waals surface area contributed by atoms with Crippen molar-refractivity contribution in [2.75, 3.05) is 5.32 Å². The quantitative estimate of drug-likeness (QED) is 0.185. The average Bonchev–Trinajstić information content (AvgIpc) is 2.99. The van der Waals surface area contributed by atoms with E-state index in [0.717, 1.165) is 5.56 Å². The molecule has 0 radical (unpaired) electrons. The van der Waals surface area contributed by atoms with Gasteiger partial charge in [-0.15, -0.1) is 0 Å². The summed E-state index contributed by atoms with van der Waals surface area (Å²) in [6.45, 7) is 1.97. The molecule has 0 aliphatic heterocycles. The number of carboxylic acids is 1. The maximum absolute atomic E-state index is 13.3. The fraction of sp³-hybridized carbons (Fsp3) is 0.0968. The third-order valence-corrected chi connectivity index (χ3v) is 5.71. The van der Waals surface area contributed by atoms with Gasteiger partial charge in [0.25, 0.3) is 5.91 Å². The SMILES string of the molecule is Cc1ccc(N=Nc2ccc(NC(=O)[C@@H](OC(=O)c3ccccc3)[C@@H](OC(=O)c3ccccc3)C(=O)O)cc2)cc1. The van der Waals surface area contributed by atoms with E-state index >= 15 is 0 Å². The third-order valence-electron chi connectivity index (χ3n) is 5.71. The molecule has 4 aromatic rings. The largest absolute Gasteiger partial charge is 0.478 e. The Bertz CT molecular complexity index is 1540. The number of benzene rings is 4. The van der Waals surface area contributed by atoms with Crippen LogP contribution in [0, 0.1) is 6.92 Å². The highest BCUT2D eigenvalue weighted by molar-refractivity contribution is 6.01.